The van der Waals surface area contributed by atoms with E-state index in [-0.39, 0.29) is 17.6 Å². The van der Waals surface area contributed by atoms with Gasteiger partial charge in [-0.1, -0.05) is 18.2 Å². The minimum atomic E-state index is -0.346. The minimum Gasteiger partial charge on any atom is -0.454 e. The number of ether oxygens (including phenoxy) is 1. The van der Waals surface area contributed by atoms with Crippen LogP contribution in [0.3, 0.4) is 0 Å². The summed E-state index contributed by atoms with van der Waals surface area (Å²) in [6, 6.07) is 12.7. The molecule has 0 aliphatic carbocycles. The summed E-state index contributed by atoms with van der Waals surface area (Å²) in [5.41, 5.74) is 1.98. The Balaban J connectivity index is 2.22. The van der Waals surface area contributed by atoms with Gasteiger partial charge in [0.2, 0.25) is 0 Å². The topological polar surface area (TPSA) is 21.3 Å². The monoisotopic (exact) mass is 259 g/mol. The molecule has 0 aromatic heterocycles. The number of benzene rings is 2. The molecule has 0 heterocycles. The number of rotatable bonds is 4. The average Bonchev–Trinajstić information content (AvgIpc) is 2.40. The Morgan fingerprint density at radius 3 is 2.58 bits per heavy atom. The number of aryl methyl sites for hydroxylation is 1. The lowest BCUT2D eigenvalue weighted by atomic mass is 10.1. The molecule has 0 aliphatic rings. The van der Waals surface area contributed by atoms with E-state index in [0.29, 0.717) is 5.75 Å². The van der Waals surface area contributed by atoms with Crippen LogP contribution in [0.4, 0.5) is 4.39 Å². The first-order valence-electron chi connectivity index (χ1n) is 6.31. The van der Waals surface area contributed by atoms with Gasteiger partial charge in [-0.15, -0.1) is 0 Å². The smallest absolute Gasteiger partial charge is 0.166 e. The van der Waals surface area contributed by atoms with Crippen molar-refractivity contribution in [2.75, 3.05) is 7.05 Å². The second-order valence-corrected chi connectivity index (χ2v) is 4.62. The second kappa shape index (κ2) is 5.85. The fourth-order valence-corrected chi connectivity index (χ4v) is 1.84. The molecule has 1 unspecified atom stereocenters. The molecule has 0 saturated carbocycles. The lowest BCUT2D eigenvalue weighted by molar-refractivity contribution is 0.440. The number of hydrogen-bond donors (Lipinski definition) is 1. The summed E-state index contributed by atoms with van der Waals surface area (Å²) in [6.07, 6.45) is 0. The van der Waals surface area contributed by atoms with Crippen LogP contribution in [0.2, 0.25) is 0 Å². The molecule has 0 radical (unpaired) electrons. The van der Waals surface area contributed by atoms with E-state index in [2.05, 4.69) is 5.32 Å². The molecule has 1 atom stereocenters. The highest BCUT2D eigenvalue weighted by Gasteiger charge is 2.09. The molecule has 0 bridgehead atoms. The maximum atomic E-state index is 14.0. The Labute approximate surface area is 113 Å². The third kappa shape index (κ3) is 3.32. The molecule has 100 valence electrons. The number of nitrogens with one attached hydrogen (secondary N) is 1. The molecule has 2 aromatic rings. The zero-order chi connectivity index (χ0) is 13.8. The average molecular weight is 259 g/mol. The van der Waals surface area contributed by atoms with Crippen LogP contribution in [0.5, 0.6) is 11.5 Å². The van der Waals surface area contributed by atoms with Gasteiger partial charge >= 0.3 is 0 Å². The van der Waals surface area contributed by atoms with Gasteiger partial charge in [0.15, 0.2) is 11.6 Å². The normalized spacial score (nSPS) is 12.2. The van der Waals surface area contributed by atoms with Crippen LogP contribution in [-0.4, -0.2) is 7.05 Å². The van der Waals surface area contributed by atoms with Gasteiger partial charge in [-0.3, -0.25) is 0 Å². The molecule has 0 aliphatic heterocycles. The highest BCUT2D eigenvalue weighted by molar-refractivity contribution is 5.36. The van der Waals surface area contributed by atoms with Gasteiger partial charge in [0.05, 0.1) is 0 Å². The summed E-state index contributed by atoms with van der Waals surface area (Å²) >= 11 is 0. The summed E-state index contributed by atoms with van der Waals surface area (Å²) in [5.74, 6) is 0.548. The molecule has 0 amide bonds. The highest BCUT2D eigenvalue weighted by atomic mass is 19.1. The fraction of sp³-hybridized carbons (Fsp3) is 0.250. The molecular formula is C16H18FNO. The predicted molar refractivity (Wildman–Crippen MR) is 75.1 cm³/mol. The molecule has 3 heteroatoms. The quantitative estimate of drug-likeness (QED) is 0.888. The first kappa shape index (κ1) is 13.6. The van der Waals surface area contributed by atoms with Crippen LogP contribution >= 0.6 is 0 Å². The Hall–Kier alpha value is -1.87. The molecule has 2 aromatic carbocycles. The SMILES string of the molecule is CNC(C)c1ccc(Oc2cccc(C)c2)c(F)c1. The van der Waals surface area contributed by atoms with E-state index in [9.17, 15) is 4.39 Å². The largest absolute Gasteiger partial charge is 0.454 e. The van der Waals surface area contributed by atoms with Crippen molar-refractivity contribution >= 4 is 0 Å². The summed E-state index contributed by atoms with van der Waals surface area (Å²) in [6.45, 7) is 3.96. The molecule has 2 rings (SSSR count). The van der Waals surface area contributed by atoms with Gasteiger partial charge in [-0.05, 0) is 56.3 Å². The van der Waals surface area contributed by atoms with Crippen LogP contribution in [-0.2, 0) is 0 Å². The lowest BCUT2D eigenvalue weighted by Gasteiger charge is -2.13. The molecule has 0 fully saturated rings. The Bertz CT molecular complexity index is 568. The number of halogens is 1. The van der Waals surface area contributed by atoms with E-state index in [1.165, 1.54) is 6.07 Å². The van der Waals surface area contributed by atoms with Crippen LogP contribution in [0.15, 0.2) is 42.5 Å². The predicted octanol–water partition coefficient (Wildman–Crippen LogP) is 4.21. The van der Waals surface area contributed by atoms with E-state index in [1.807, 2.05) is 51.2 Å². The van der Waals surface area contributed by atoms with Crippen molar-refractivity contribution in [3.8, 4) is 11.5 Å². The zero-order valence-corrected chi connectivity index (χ0v) is 11.4. The Kier molecular flexibility index (Phi) is 4.17. The van der Waals surface area contributed by atoms with E-state index < -0.39 is 0 Å². The van der Waals surface area contributed by atoms with Crippen molar-refractivity contribution in [3.63, 3.8) is 0 Å². The highest BCUT2D eigenvalue weighted by Crippen LogP contribution is 2.27. The van der Waals surface area contributed by atoms with Gasteiger partial charge in [0.1, 0.15) is 5.75 Å². The fourth-order valence-electron chi connectivity index (χ4n) is 1.84. The molecule has 1 N–H and O–H groups in total. The van der Waals surface area contributed by atoms with E-state index >= 15 is 0 Å². The minimum absolute atomic E-state index is 0.113. The Morgan fingerprint density at radius 2 is 1.95 bits per heavy atom. The number of hydrogen-bond acceptors (Lipinski definition) is 2. The molecule has 0 spiro atoms. The van der Waals surface area contributed by atoms with E-state index in [1.54, 1.807) is 6.07 Å². The molecule has 19 heavy (non-hydrogen) atoms. The van der Waals surface area contributed by atoms with Crippen LogP contribution < -0.4 is 10.1 Å². The first-order valence-corrected chi connectivity index (χ1v) is 6.31. The van der Waals surface area contributed by atoms with Crippen molar-refractivity contribution in [1.29, 1.82) is 0 Å². The molecular weight excluding hydrogens is 241 g/mol. The molecule has 2 nitrogen and oxygen atoms in total. The van der Waals surface area contributed by atoms with Gasteiger partial charge < -0.3 is 10.1 Å². The van der Waals surface area contributed by atoms with Gasteiger partial charge in [-0.25, -0.2) is 4.39 Å². The molecule has 0 saturated heterocycles. The summed E-state index contributed by atoms with van der Waals surface area (Å²) in [5, 5.41) is 3.08. The Morgan fingerprint density at radius 1 is 1.16 bits per heavy atom. The third-order valence-electron chi connectivity index (χ3n) is 3.11. The van der Waals surface area contributed by atoms with Crippen molar-refractivity contribution < 1.29 is 9.13 Å². The van der Waals surface area contributed by atoms with Gasteiger partial charge in [0, 0.05) is 6.04 Å². The van der Waals surface area contributed by atoms with Gasteiger partial charge in [-0.2, -0.15) is 0 Å². The van der Waals surface area contributed by atoms with Crippen LogP contribution in [0, 0.1) is 12.7 Å². The van der Waals surface area contributed by atoms with Crippen molar-refractivity contribution in [1.82, 2.24) is 5.32 Å². The van der Waals surface area contributed by atoms with Crippen molar-refractivity contribution in [3.05, 3.63) is 59.4 Å². The van der Waals surface area contributed by atoms with Crippen LogP contribution in [0.1, 0.15) is 24.1 Å². The van der Waals surface area contributed by atoms with Gasteiger partial charge in [0.25, 0.3) is 0 Å². The second-order valence-electron chi connectivity index (χ2n) is 4.62. The third-order valence-corrected chi connectivity index (χ3v) is 3.11. The van der Waals surface area contributed by atoms with Crippen molar-refractivity contribution in [2.45, 2.75) is 19.9 Å². The zero-order valence-electron chi connectivity index (χ0n) is 11.4. The summed E-state index contributed by atoms with van der Waals surface area (Å²) < 4.78 is 19.5. The van der Waals surface area contributed by atoms with E-state index in [0.717, 1.165) is 11.1 Å². The summed E-state index contributed by atoms with van der Waals surface area (Å²) in [4.78, 5) is 0. The van der Waals surface area contributed by atoms with Crippen molar-refractivity contribution in [2.24, 2.45) is 0 Å². The maximum Gasteiger partial charge on any atom is 0.166 e. The first-order chi connectivity index (χ1) is 9.10. The van der Waals surface area contributed by atoms with E-state index in [4.69, 9.17) is 4.74 Å². The lowest BCUT2D eigenvalue weighted by Crippen LogP contribution is -2.12. The summed E-state index contributed by atoms with van der Waals surface area (Å²) in [7, 11) is 1.85. The van der Waals surface area contributed by atoms with Crippen LogP contribution in [0.25, 0.3) is 0 Å². The standard InChI is InChI=1S/C16H18FNO/c1-11-5-4-6-14(9-11)19-16-8-7-13(10-15(16)17)12(2)18-3/h4-10,12,18H,1-3H3. The maximum absolute atomic E-state index is 14.0.